The Hall–Kier alpha value is -2.06. The Bertz CT molecular complexity index is 1090. The van der Waals surface area contributed by atoms with Gasteiger partial charge in [0.1, 0.15) is 36.6 Å². The van der Waals surface area contributed by atoms with Gasteiger partial charge in [-0.2, -0.15) is 0 Å². The van der Waals surface area contributed by atoms with E-state index >= 15 is 0 Å². The molecule has 0 amide bonds. The quantitative estimate of drug-likeness (QED) is 0.370. The molecule has 0 aromatic carbocycles. The molecule has 3 saturated heterocycles. The van der Waals surface area contributed by atoms with Crippen LogP contribution in [0.25, 0.3) is 0 Å². The summed E-state index contributed by atoms with van der Waals surface area (Å²) in [5.74, 6) is -1.39. The summed E-state index contributed by atoms with van der Waals surface area (Å²) in [6.07, 6.45) is -2.89. The van der Waals surface area contributed by atoms with Gasteiger partial charge in [-0.3, -0.25) is 9.59 Å². The average molecular weight is 567 g/mol. The predicted molar refractivity (Wildman–Crippen MR) is 132 cm³/mol. The smallest absolute Gasteiger partial charge is 0.313 e. The maximum absolute atomic E-state index is 13.9. The molecule has 12 heteroatoms. The molecule has 12 nitrogen and oxygen atoms in total. The van der Waals surface area contributed by atoms with E-state index in [1.54, 1.807) is 18.6 Å². The van der Waals surface area contributed by atoms with Crippen molar-refractivity contribution >= 4 is 11.9 Å². The van der Waals surface area contributed by atoms with Crippen LogP contribution in [-0.2, 0) is 33.3 Å². The van der Waals surface area contributed by atoms with Crippen molar-refractivity contribution in [1.29, 1.82) is 0 Å². The molecule has 6 rings (SSSR count). The number of aliphatic hydroxyl groups is 4. The molecule has 0 bridgehead atoms. The number of fused-ring (bicyclic) bond motifs is 1. The van der Waals surface area contributed by atoms with Crippen LogP contribution in [0.5, 0.6) is 0 Å². The van der Waals surface area contributed by atoms with Gasteiger partial charge < -0.3 is 48.5 Å². The molecular weight excluding hydrogens is 528 g/mol. The molecule has 4 heterocycles. The Labute approximate surface area is 231 Å². The lowest BCUT2D eigenvalue weighted by molar-refractivity contribution is -0.338. The van der Waals surface area contributed by atoms with Gasteiger partial charge in [-0.25, -0.2) is 0 Å². The Morgan fingerprint density at radius 1 is 1.15 bits per heavy atom. The van der Waals surface area contributed by atoms with Crippen molar-refractivity contribution in [1.82, 2.24) is 0 Å². The minimum Gasteiger partial charge on any atom is -0.472 e. The summed E-state index contributed by atoms with van der Waals surface area (Å²) in [6.45, 7) is 2.96. The number of cyclic esters (lactones) is 1. The third-order valence-corrected chi connectivity index (χ3v) is 10.3. The second-order valence-corrected chi connectivity index (χ2v) is 12.1. The predicted octanol–water partition coefficient (Wildman–Crippen LogP) is 0.801. The maximum atomic E-state index is 13.9. The number of carbonyl (C=O) groups is 2. The normalized spacial score (nSPS) is 48.5. The van der Waals surface area contributed by atoms with Crippen LogP contribution in [0.15, 0.2) is 23.0 Å². The molecule has 5 fully saturated rings. The summed E-state index contributed by atoms with van der Waals surface area (Å²) >= 11 is 0. The summed E-state index contributed by atoms with van der Waals surface area (Å²) in [4.78, 5) is 26.2. The van der Waals surface area contributed by atoms with Crippen LogP contribution in [0.4, 0.5) is 0 Å². The van der Waals surface area contributed by atoms with Crippen molar-refractivity contribution in [2.45, 2.75) is 95.2 Å². The first kappa shape index (κ1) is 28.1. The number of hydrogen-bond donors (Lipinski definition) is 4. The topological polar surface area (TPSA) is 174 Å². The first-order chi connectivity index (χ1) is 19.1. The van der Waals surface area contributed by atoms with Gasteiger partial charge in [0.25, 0.3) is 0 Å². The van der Waals surface area contributed by atoms with Crippen LogP contribution in [-0.4, -0.2) is 88.7 Å². The highest BCUT2D eigenvalue weighted by atomic mass is 16.8. The number of rotatable bonds is 5. The number of esters is 2. The van der Waals surface area contributed by atoms with Crippen molar-refractivity contribution in [2.24, 2.45) is 28.6 Å². The highest BCUT2D eigenvalue weighted by Gasteiger charge is 2.73. The Kier molecular flexibility index (Phi) is 7.26. The first-order valence-corrected chi connectivity index (χ1v) is 14.1. The van der Waals surface area contributed by atoms with Crippen LogP contribution in [0.3, 0.4) is 0 Å². The van der Waals surface area contributed by atoms with E-state index in [0.29, 0.717) is 25.7 Å². The van der Waals surface area contributed by atoms with Gasteiger partial charge in [0.2, 0.25) is 0 Å². The molecule has 1 aromatic heterocycles. The van der Waals surface area contributed by atoms with Gasteiger partial charge in [-0.05, 0) is 37.2 Å². The Balaban J connectivity index is 1.34. The first-order valence-electron chi connectivity index (χ1n) is 14.1. The molecule has 5 aliphatic rings. The number of furan rings is 1. The van der Waals surface area contributed by atoms with Crippen molar-refractivity contribution < 1.29 is 58.1 Å². The van der Waals surface area contributed by atoms with Crippen LogP contribution >= 0.6 is 0 Å². The van der Waals surface area contributed by atoms with Gasteiger partial charge in [-0.15, -0.1) is 0 Å². The molecule has 222 valence electrons. The van der Waals surface area contributed by atoms with Crippen LogP contribution in [0.2, 0.25) is 0 Å². The molecule has 2 saturated carbocycles. The van der Waals surface area contributed by atoms with Gasteiger partial charge in [0, 0.05) is 30.2 Å². The molecule has 13 atom stereocenters. The third-order valence-electron chi connectivity index (χ3n) is 10.3. The number of ether oxygens (including phenoxy) is 5. The molecular formula is C28H38O12. The van der Waals surface area contributed by atoms with Crippen LogP contribution in [0, 0.1) is 28.6 Å². The largest absolute Gasteiger partial charge is 0.472 e. The highest BCUT2D eigenvalue weighted by Crippen LogP contribution is 2.69. The van der Waals surface area contributed by atoms with Crippen molar-refractivity contribution in [2.75, 3.05) is 13.2 Å². The molecule has 0 unspecified atom stereocenters. The summed E-state index contributed by atoms with van der Waals surface area (Å²) in [6, 6.07) is 1.80. The van der Waals surface area contributed by atoms with E-state index in [1.807, 2.05) is 6.92 Å². The van der Waals surface area contributed by atoms with E-state index in [2.05, 4.69) is 0 Å². The van der Waals surface area contributed by atoms with Crippen molar-refractivity contribution in [3.05, 3.63) is 24.2 Å². The van der Waals surface area contributed by atoms with E-state index < -0.39 is 72.6 Å². The number of carbonyl (C=O) groups excluding carboxylic acids is 2. The average Bonchev–Trinajstić information content (AvgIpc) is 3.66. The second-order valence-electron chi connectivity index (χ2n) is 12.1. The zero-order chi connectivity index (χ0) is 28.4. The minimum absolute atomic E-state index is 0.138. The zero-order valence-corrected chi connectivity index (χ0v) is 22.6. The fraction of sp³-hybridized carbons (Fsp3) is 0.786. The molecule has 2 aliphatic carbocycles. The minimum atomic E-state index is -1.59. The van der Waals surface area contributed by atoms with E-state index in [9.17, 15) is 30.0 Å². The van der Waals surface area contributed by atoms with E-state index in [1.165, 1.54) is 6.92 Å². The van der Waals surface area contributed by atoms with Crippen LogP contribution in [0.1, 0.15) is 57.6 Å². The summed E-state index contributed by atoms with van der Waals surface area (Å²) in [5, 5.41) is 40.6. The van der Waals surface area contributed by atoms with Gasteiger partial charge >= 0.3 is 11.9 Å². The summed E-state index contributed by atoms with van der Waals surface area (Å²) in [7, 11) is 0. The molecule has 4 N–H and O–H groups in total. The molecule has 0 radical (unpaired) electrons. The molecule has 1 aromatic rings. The zero-order valence-electron chi connectivity index (χ0n) is 22.6. The van der Waals surface area contributed by atoms with Crippen molar-refractivity contribution in [3.8, 4) is 0 Å². The fourth-order valence-electron chi connectivity index (χ4n) is 8.47. The van der Waals surface area contributed by atoms with E-state index in [4.69, 9.17) is 28.1 Å². The number of aliphatic hydroxyl groups excluding tert-OH is 4. The molecule has 2 spiro atoms. The fourth-order valence-corrected chi connectivity index (χ4v) is 8.47. The van der Waals surface area contributed by atoms with E-state index in [-0.39, 0.29) is 30.3 Å². The summed E-state index contributed by atoms with van der Waals surface area (Å²) < 4.78 is 35.2. The second kappa shape index (κ2) is 10.3. The van der Waals surface area contributed by atoms with Crippen LogP contribution < -0.4 is 0 Å². The van der Waals surface area contributed by atoms with Gasteiger partial charge in [-0.1, -0.05) is 13.3 Å². The number of hydrogen-bond acceptors (Lipinski definition) is 12. The van der Waals surface area contributed by atoms with Crippen molar-refractivity contribution in [3.63, 3.8) is 0 Å². The lowest BCUT2D eigenvalue weighted by Crippen LogP contribution is -2.64. The molecule has 40 heavy (non-hydrogen) atoms. The van der Waals surface area contributed by atoms with Gasteiger partial charge in [0.05, 0.1) is 31.2 Å². The lowest BCUT2D eigenvalue weighted by Gasteiger charge is -2.60. The van der Waals surface area contributed by atoms with Gasteiger partial charge in [0.15, 0.2) is 12.6 Å². The maximum Gasteiger partial charge on any atom is 0.313 e. The Morgan fingerprint density at radius 2 is 1.95 bits per heavy atom. The molecule has 3 aliphatic heterocycles. The van der Waals surface area contributed by atoms with E-state index in [0.717, 1.165) is 12.0 Å². The SMILES string of the molecule is CC(=O)O[C@@H]1C[C@@H](C)[C@]2(C[C@@H](c3ccoc3)OC2=O)[C@H]2CCC[C@H]3[C@H](O[C@@H]4O[C@H](CO)[C@@H](O)[C@H](O)[C@H]4O)OC[C@]213. The standard InChI is InChI=1S/C28H38O12/c1-13-8-20(37-14(2)30)28-12-36-24(40-25-23(33)22(32)21(31)18(10-29)38-25)16(28)4-3-5-19(28)27(13)9-17(39-26(27)34)15-6-7-35-11-15/h6-7,11,13,16-25,29,31-33H,3-5,8-10,12H2,1-2H3/t13-,16+,17+,18-,19-,20-,21-,22+,23-,24+,25+,27-,28+/m1/s1. The third kappa shape index (κ3) is 4.06. The highest BCUT2D eigenvalue weighted by molar-refractivity contribution is 5.81. The monoisotopic (exact) mass is 566 g/mol. The summed E-state index contributed by atoms with van der Waals surface area (Å²) in [5.41, 5.74) is -0.800. The Morgan fingerprint density at radius 3 is 2.65 bits per heavy atom. The lowest BCUT2D eigenvalue weighted by atomic mass is 9.43.